The monoisotopic (exact) mass is 272 g/mol. The van der Waals surface area contributed by atoms with Crippen LogP contribution in [0.1, 0.15) is 32.2 Å². The molecule has 0 amide bonds. The fourth-order valence-corrected chi connectivity index (χ4v) is 2.49. The summed E-state index contributed by atoms with van der Waals surface area (Å²) >= 11 is 1.48. The molecule has 1 aromatic heterocycles. The topological polar surface area (TPSA) is 90.1 Å². The molecule has 1 aromatic rings. The Morgan fingerprint density at radius 2 is 2.44 bits per heavy atom. The van der Waals surface area contributed by atoms with Crippen molar-refractivity contribution in [2.45, 2.75) is 43.5 Å². The van der Waals surface area contributed by atoms with Crippen LogP contribution in [0.3, 0.4) is 0 Å². The molecular weight excluding hydrogens is 256 g/mol. The average molecular weight is 272 g/mol. The van der Waals surface area contributed by atoms with Crippen molar-refractivity contribution in [2.24, 2.45) is 0 Å². The predicted molar refractivity (Wildman–Crippen MR) is 64.5 cm³/mol. The van der Waals surface area contributed by atoms with Gasteiger partial charge in [0.1, 0.15) is 0 Å². The van der Waals surface area contributed by atoms with Gasteiger partial charge >= 0.3 is 5.97 Å². The van der Waals surface area contributed by atoms with E-state index in [9.17, 15) is 4.79 Å². The molecule has 0 aliphatic heterocycles. The molecule has 8 heteroatoms. The second kappa shape index (κ2) is 6.14. The number of tetrazole rings is 1. The quantitative estimate of drug-likeness (QED) is 0.705. The minimum atomic E-state index is -0.917. The largest absolute Gasteiger partial charge is 0.479 e. The van der Waals surface area contributed by atoms with Crippen molar-refractivity contribution < 1.29 is 14.6 Å². The van der Waals surface area contributed by atoms with E-state index in [1.807, 2.05) is 4.68 Å². The maximum atomic E-state index is 10.9. The van der Waals surface area contributed by atoms with Crippen molar-refractivity contribution in [3.05, 3.63) is 0 Å². The van der Waals surface area contributed by atoms with Crippen molar-refractivity contribution in [3.8, 4) is 0 Å². The number of carboxylic acids is 1. The van der Waals surface area contributed by atoms with E-state index in [2.05, 4.69) is 15.5 Å². The van der Waals surface area contributed by atoms with E-state index in [1.165, 1.54) is 11.8 Å². The molecule has 7 nitrogen and oxygen atoms in total. The van der Waals surface area contributed by atoms with Gasteiger partial charge in [0, 0.05) is 12.4 Å². The summed E-state index contributed by atoms with van der Waals surface area (Å²) in [5.41, 5.74) is 0. The smallest absolute Gasteiger partial charge is 0.332 e. The van der Waals surface area contributed by atoms with Crippen LogP contribution in [0.2, 0.25) is 0 Å². The van der Waals surface area contributed by atoms with E-state index in [1.54, 1.807) is 6.92 Å². The Hall–Kier alpha value is -1.15. The molecule has 18 heavy (non-hydrogen) atoms. The van der Waals surface area contributed by atoms with E-state index in [4.69, 9.17) is 9.84 Å². The lowest BCUT2D eigenvalue weighted by atomic mass is 10.3. The fraction of sp³-hybridized carbons (Fsp3) is 0.800. The zero-order chi connectivity index (χ0) is 13.0. The number of aromatic nitrogens is 4. The van der Waals surface area contributed by atoms with Crippen molar-refractivity contribution in [1.82, 2.24) is 20.2 Å². The van der Waals surface area contributed by atoms with Crippen LogP contribution in [0, 0.1) is 0 Å². The van der Waals surface area contributed by atoms with Gasteiger partial charge in [0.2, 0.25) is 5.16 Å². The summed E-state index contributed by atoms with van der Waals surface area (Å²) in [6.45, 7) is 2.19. The van der Waals surface area contributed by atoms with Crippen molar-refractivity contribution in [3.63, 3.8) is 0 Å². The Bertz CT molecular complexity index is 408. The number of hydrogen-bond donors (Lipinski definition) is 1. The SMILES string of the molecule is CCOC(CCSc1nnnn1C1CC1)C(=O)O. The normalized spacial score (nSPS) is 16.7. The molecule has 1 atom stereocenters. The number of thioether (sulfide) groups is 1. The minimum absolute atomic E-state index is 0.404. The van der Waals surface area contributed by atoms with Gasteiger partial charge in [-0.25, -0.2) is 9.48 Å². The highest BCUT2D eigenvalue weighted by atomic mass is 32.2. The van der Waals surface area contributed by atoms with Gasteiger partial charge < -0.3 is 9.84 Å². The van der Waals surface area contributed by atoms with Crippen molar-refractivity contribution in [2.75, 3.05) is 12.4 Å². The Kier molecular flexibility index (Phi) is 4.54. The molecule has 1 aliphatic rings. The molecule has 1 heterocycles. The van der Waals surface area contributed by atoms with Gasteiger partial charge in [0.25, 0.3) is 0 Å². The summed E-state index contributed by atoms with van der Waals surface area (Å²) in [6, 6.07) is 0.435. The number of rotatable bonds is 8. The first-order chi connectivity index (χ1) is 8.72. The third-order valence-electron chi connectivity index (χ3n) is 2.61. The van der Waals surface area contributed by atoms with E-state index in [0.717, 1.165) is 18.0 Å². The number of ether oxygens (including phenoxy) is 1. The summed E-state index contributed by atoms with van der Waals surface area (Å²) in [7, 11) is 0. The van der Waals surface area contributed by atoms with Crippen molar-refractivity contribution >= 4 is 17.7 Å². The first-order valence-electron chi connectivity index (χ1n) is 5.97. The molecule has 1 unspecified atom stereocenters. The predicted octanol–water partition coefficient (Wildman–Crippen LogP) is 0.980. The van der Waals surface area contributed by atoms with Crippen LogP contribution in [0.4, 0.5) is 0 Å². The Labute approximate surface area is 109 Å². The average Bonchev–Trinajstić information content (AvgIpc) is 3.08. The second-order valence-electron chi connectivity index (χ2n) is 4.06. The zero-order valence-electron chi connectivity index (χ0n) is 10.2. The molecule has 0 aromatic carbocycles. The van der Waals surface area contributed by atoms with E-state index < -0.39 is 12.1 Å². The highest BCUT2D eigenvalue weighted by Crippen LogP contribution is 2.36. The van der Waals surface area contributed by atoms with Gasteiger partial charge in [-0.05, 0) is 36.6 Å². The van der Waals surface area contributed by atoms with E-state index in [0.29, 0.717) is 24.8 Å². The van der Waals surface area contributed by atoms with Crippen LogP contribution in [0.15, 0.2) is 5.16 Å². The van der Waals surface area contributed by atoms with Gasteiger partial charge in [0.15, 0.2) is 6.10 Å². The zero-order valence-corrected chi connectivity index (χ0v) is 11.0. The van der Waals surface area contributed by atoms with Gasteiger partial charge in [-0.1, -0.05) is 11.8 Å². The van der Waals surface area contributed by atoms with Gasteiger partial charge in [-0.15, -0.1) is 5.10 Å². The highest BCUT2D eigenvalue weighted by molar-refractivity contribution is 7.99. The number of hydrogen-bond acceptors (Lipinski definition) is 6. The van der Waals surface area contributed by atoms with Gasteiger partial charge in [0.05, 0.1) is 6.04 Å². The molecule has 0 spiro atoms. The Morgan fingerprint density at radius 3 is 3.06 bits per heavy atom. The summed E-state index contributed by atoms with van der Waals surface area (Å²) in [5, 5.41) is 21.2. The maximum Gasteiger partial charge on any atom is 0.332 e. The molecule has 1 saturated carbocycles. The fourth-order valence-electron chi connectivity index (χ4n) is 1.57. The molecule has 2 rings (SSSR count). The molecule has 0 bridgehead atoms. The highest BCUT2D eigenvalue weighted by Gasteiger charge is 2.28. The van der Waals surface area contributed by atoms with Crippen LogP contribution in [-0.2, 0) is 9.53 Å². The van der Waals surface area contributed by atoms with Crippen LogP contribution in [0.25, 0.3) is 0 Å². The van der Waals surface area contributed by atoms with Crippen LogP contribution < -0.4 is 0 Å². The molecule has 0 radical (unpaired) electrons. The first-order valence-corrected chi connectivity index (χ1v) is 6.96. The van der Waals surface area contributed by atoms with Gasteiger partial charge in [-0.2, -0.15) is 0 Å². The lowest BCUT2D eigenvalue weighted by molar-refractivity contribution is -0.150. The van der Waals surface area contributed by atoms with E-state index >= 15 is 0 Å². The maximum absolute atomic E-state index is 10.9. The van der Waals surface area contributed by atoms with Gasteiger partial charge in [-0.3, -0.25) is 0 Å². The molecular formula is C10H16N4O3S. The van der Waals surface area contributed by atoms with E-state index in [-0.39, 0.29) is 0 Å². The summed E-state index contributed by atoms with van der Waals surface area (Å²) < 4.78 is 6.96. The number of carboxylic acid groups (broad SMARTS) is 1. The molecule has 100 valence electrons. The van der Waals surface area contributed by atoms with Crippen LogP contribution >= 0.6 is 11.8 Å². The Balaban J connectivity index is 1.80. The minimum Gasteiger partial charge on any atom is -0.479 e. The lowest BCUT2D eigenvalue weighted by Gasteiger charge is -2.11. The molecule has 0 saturated heterocycles. The molecule has 1 N–H and O–H groups in total. The molecule has 1 fully saturated rings. The van der Waals surface area contributed by atoms with Crippen molar-refractivity contribution in [1.29, 1.82) is 0 Å². The number of aliphatic carboxylic acids is 1. The van der Waals surface area contributed by atoms with Crippen LogP contribution in [0.5, 0.6) is 0 Å². The number of carbonyl (C=O) groups is 1. The first kappa shape index (κ1) is 13.3. The number of nitrogens with zero attached hydrogens (tertiary/aromatic N) is 4. The summed E-state index contributed by atoms with van der Waals surface area (Å²) in [6.07, 6.45) is 1.95. The molecule has 1 aliphatic carbocycles. The summed E-state index contributed by atoms with van der Waals surface area (Å²) in [4.78, 5) is 10.9. The Morgan fingerprint density at radius 1 is 1.67 bits per heavy atom. The third-order valence-corrected chi connectivity index (χ3v) is 3.58. The summed E-state index contributed by atoms with van der Waals surface area (Å²) in [5.74, 6) is -0.288. The third kappa shape index (κ3) is 3.42. The standard InChI is InChI=1S/C10H16N4O3S/c1-2-17-8(9(15)16)5-6-18-10-11-12-13-14(10)7-3-4-7/h7-8H,2-6H2,1H3,(H,15,16). The van der Waals surface area contributed by atoms with Crippen LogP contribution in [-0.4, -0.2) is 49.7 Å². The second-order valence-corrected chi connectivity index (χ2v) is 5.12. The lowest BCUT2D eigenvalue weighted by Crippen LogP contribution is -2.24.